The van der Waals surface area contributed by atoms with Gasteiger partial charge >= 0.3 is 6.18 Å². The molecule has 0 unspecified atom stereocenters. The van der Waals surface area contributed by atoms with Crippen molar-refractivity contribution in [3.8, 4) is 0 Å². The molecular formula is C6H2F3IN2O2. The molecule has 0 amide bonds. The lowest BCUT2D eigenvalue weighted by Crippen LogP contribution is -2.12. The second-order valence-electron chi connectivity index (χ2n) is 2.26. The molecule has 1 rings (SSSR count). The standard InChI is InChI=1S/C6H2F3IN2O2/c7-6(8,9)5-3(12(13)14)1-2-4(10)11-5/h1-2H. The van der Waals surface area contributed by atoms with Gasteiger partial charge in [-0.3, -0.25) is 10.1 Å². The molecule has 0 aromatic carbocycles. The average molecular weight is 318 g/mol. The van der Waals surface area contributed by atoms with Gasteiger partial charge in [0.2, 0.25) is 5.69 Å². The minimum atomic E-state index is -4.80. The molecule has 1 aromatic heterocycles. The van der Waals surface area contributed by atoms with Crippen LogP contribution in [0, 0.1) is 13.8 Å². The van der Waals surface area contributed by atoms with E-state index in [0.29, 0.717) is 0 Å². The van der Waals surface area contributed by atoms with Gasteiger partial charge in [0.25, 0.3) is 5.69 Å². The third-order valence-electron chi connectivity index (χ3n) is 1.31. The number of nitrogens with zero attached hydrogens (tertiary/aromatic N) is 2. The summed E-state index contributed by atoms with van der Waals surface area (Å²) in [6.07, 6.45) is -4.80. The van der Waals surface area contributed by atoms with Gasteiger partial charge in [0.1, 0.15) is 3.70 Å². The molecule has 0 aliphatic heterocycles. The van der Waals surface area contributed by atoms with Crippen LogP contribution in [0.3, 0.4) is 0 Å². The Labute approximate surface area is 89.4 Å². The Morgan fingerprint density at radius 1 is 1.43 bits per heavy atom. The van der Waals surface area contributed by atoms with Crippen molar-refractivity contribution in [3.05, 3.63) is 31.6 Å². The van der Waals surface area contributed by atoms with Gasteiger partial charge in [-0.25, -0.2) is 4.98 Å². The highest BCUT2D eigenvalue weighted by atomic mass is 127. The van der Waals surface area contributed by atoms with Crippen molar-refractivity contribution in [2.75, 3.05) is 0 Å². The van der Waals surface area contributed by atoms with Gasteiger partial charge in [-0.1, -0.05) is 0 Å². The molecule has 0 fully saturated rings. The molecule has 8 heteroatoms. The minimum absolute atomic E-state index is 0.0560. The van der Waals surface area contributed by atoms with Gasteiger partial charge in [-0.15, -0.1) is 0 Å². The van der Waals surface area contributed by atoms with Crippen molar-refractivity contribution >= 4 is 28.3 Å². The molecule has 0 saturated carbocycles. The van der Waals surface area contributed by atoms with E-state index in [0.717, 1.165) is 12.1 Å². The first-order valence-electron chi connectivity index (χ1n) is 3.20. The highest BCUT2D eigenvalue weighted by Crippen LogP contribution is 2.34. The highest BCUT2D eigenvalue weighted by molar-refractivity contribution is 14.1. The highest BCUT2D eigenvalue weighted by Gasteiger charge is 2.40. The summed E-state index contributed by atoms with van der Waals surface area (Å²) in [5.74, 6) is 0. The van der Waals surface area contributed by atoms with Crippen LogP contribution in [0.25, 0.3) is 0 Å². The maximum absolute atomic E-state index is 12.2. The van der Waals surface area contributed by atoms with Crippen molar-refractivity contribution in [3.63, 3.8) is 0 Å². The number of hydrogen-bond acceptors (Lipinski definition) is 3. The Morgan fingerprint density at radius 2 is 2.00 bits per heavy atom. The maximum Gasteiger partial charge on any atom is 0.440 e. The number of rotatable bonds is 1. The van der Waals surface area contributed by atoms with Crippen LogP contribution in [0.1, 0.15) is 5.69 Å². The Morgan fingerprint density at radius 3 is 2.43 bits per heavy atom. The fourth-order valence-corrected chi connectivity index (χ4v) is 1.20. The first-order valence-corrected chi connectivity index (χ1v) is 4.28. The smallest absolute Gasteiger partial charge is 0.258 e. The summed E-state index contributed by atoms with van der Waals surface area (Å²) in [5.41, 5.74) is -2.49. The normalized spacial score (nSPS) is 11.4. The van der Waals surface area contributed by atoms with E-state index < -0.39 is 22.5 Å². The van der Waals surface area contributed by atoms with Crippen LogP contribution in [0.15, 0.2) is 12.1 Å². The van der Waals surface area contributed by atoms with Gasteiger partial charge in [-0.05, 0) is 28.7 Å². The van der Waals surface area contributed by atoms with Crippen molar-refractivity contribution in [1.82, 2.24) is 4.98 Å². The van der Waals surface area contributed by atoms with Crippen molar-refractivity contribution < 1.29 is 18.1 Å². The molecule has 0 N–H and O–H groups in total. The molecule has 0 bridgehead atoms. The fraction of sp³-hybridized carbons (Fsp3) is 0.167. The number of aromatic nitrogens is 1. The van der Waals surface area contributed by atoms with E-state index in [1.165, 1.54) is 0 Å². The van der Waals surface area contributed by atoms with Crippen LogP contribution < -0.4 is 0 Å². The van der Waals surface area contributed by atoms with E-state index in [1.807, 2.05) is 0 Å². The molecule has 1 heterocycles. The third-order valence-corrected chi connectivity index (χ3v) is 1.91. The van der Waals surface area contributed by atoms with E-state index in [-0.39, 0.29) is 3.70 Å². The predicted octanol–water partition coefficient (Wildman–Crippen LogP) is 2.61. The molecule has 0 saturated heterocycles. The predicted molar refractivity (Wildman–Crippen MR) is 48.6 cm³/mol. The number of nitro groups is 1. The summed E-state index contributed by atoms with van der Waals surface area (Å²) in [6, 6.07) is 1.94. The van der Waals surface area contributed by atoms with Gasteiger partial charge in [0, 0.05) is 6.07 Å². The van der Waals surface area contributed by atoms with Crippen LogP contribution in [0.2, 0.25) is 0 Å². The molecular weight excluding hydrogens is 316 g/mol. The lowest BCUT2D eigenvalue weighted by Gasteiger charge is -2.05. The first-order chi connectivity index (χ1) is 6.32. The summed E-state index contributed by atoms with van der Waals surface area (Å²) in [4.78, 5) is 12.2. The van der Waals surface area contributed by atoms with Gasteiger partial charge in [-0.2, -0.15) is 13.2 Å². The average Bonchev–Trinajstić information content (AvgIpc) is 2.01. The van der Waals surface area contributed by atoms with E-state index in [1.54, 1.807) is 22.6 Å². The quantitative estimate of drug-likeness (QED) is 0.346. The molecule has 0 aliphatic rings. The zero-order valence-electron chi connectivity index (χ0n) is 6.38. The van der Waals surface area contributed by atoms with Crippen LogP contribution in [0.5, 0.6) is 0 Å². The monoisotopic (exact) mass is 318 g/mol. The fourth-order valence-electron chi connectivity index (χ4n) is 0.784. The second-order valence-corrected chi connectivity index (χ2v) is 3.36. The topological polar surface area (TPSA) is 56.0 Å². The Kier molecular flexibility index (Phi) is 2.92. The first kappa shape index (κ1) is 11.1. The molecule has 1 aromatic rings. The van der Waals surface area contributed by atoms with Crippen LogP contribution in [-0.2, 0) is 6.18 Å². The second kappa shape index (κ2) is 3.67. The van der Waals surface area contributed by atoms with Crippen molar-refractivity contribution in [1.29, 1.82) is 0 Å². The van der Waals surface area contributed by atoms with Crippen LogP contribution >= 0.6 is 22.6 Å². The summed E-state index contributed by atoms with van der Waals surface area (Å²) in [5, 5.41) is 10.2. The summed E-state index contributed by atoms with van der Waals surface area (Å²) in [6.45, 7) is 0. The molecule has 14 heavy (non-hydrogen) atoms. The maximum atomic E-state index is 12.2. The molecule has 0 aliphatic carbocycles. The van der Waals surface area contributed by atoms with Gasteiger partial charge < -0.3 is 0 Å². The SMILES string of the molecule is O=[N+]([O-])c1ccc(I)nc1C(F)(F)F. The third kappa shape index (κ3) is 2.30. The molecule has 0 spiro atoms. The molecule has 0 radical (unpaired) electrons. The van der Waals surface area contributed by atoms with Crippen LogP contribution in [-0.4, -0.2) is 9.91 Å². The Balaban J connectivity index is 3.38. The summed E-state index contributed by atoms with van der Waals surface area (Å²) in [7, 11) is 0. The van der Waals surface area contributed by atoms with E-state index in [9.17, 15) is 23.3 Å². The van der Waals surface area contributed by atoms with Gasteiger partial charge in [0.05, 0.1) is 4.92 Å². The number of pyridine rings is 1. The molecule has 0 atom stereocenters. The lowest BCUT2D eigenvalue weighted by atomic mass is 10.3. The Hall–Kier alpha value is -0.930. The zero-order chi connectivity index (χ0) is 10.9. The Bertz CT molecular complexity index is 380. The molecule has 76 valence electrons. The minimum Gasteiger partial charge on any atom is -0.258 e. The summed E-state index contributed by atoms with van der Waals surface area (Å²) >= 11 is 1.55. The van der Waals surface area contributed by atoms with Crippen molar-refractivity contribution in [2.45, 2.75) is 6.18 Å². The number of hydrogen-bond donors (Lipinski definition) is 0. The van der Waals surface area contributed by atoms with Crippen molar-refractivity contribution in [2.24, 2.45) is 0 Å². The summed E-state index contributed by atoms with van der Waals surface area (Å²) < 4.78 is 36.7. The van der Waals surface area contributed by atoms with E-state index >= 15 is 0 Å². The number of alkyl halides is 3. The number of halogens is 4. The zero-order valence-corrected chi connectivity index (χ0v) is 8.53. The van der Waals surface area contributed by atoms with Gasteiger partial charge in [0.15, 0.2) is 0 Å². The lowest BCUT2D eigenvalue weighted by molar-refractivity contribution is -0.388. The largest absolute Gasteiger partial charge is 0.440 e. The van der Waals surface area contributed by atoms with E-state index in [2.05, 4.69) is 4.98 Å². The molecule has 4 nitrogen and oxygen atoms in total. The van der Waals surface area contributed by atoms with Crippen LogP contribution in [0.4, 0.5) is 18.9 Å². The van der Waals surface area contributed by atoms with E-state index in [4.69, 9.17) is 0 Å².